The summed E-state index contributed by atoms with van der Waals surface area (Å²) >= 11 is 0. The zero-order chi connectivity index (χ0) is 34.4. The van der Waals surface area contributed by atoms with Gasteiger partial charge in [-0.1, -0.05) is 12.1 Å². The first-order valence-corrected chi connectivity index (χ1v) is 14.6. The lowest BCUT2D eigenvalue weighted by Gasteiger charge is -2.47. The molecule has 2 aliphatic heterocycles. The van der Waals surface area contributed by atoms with Gasteiger partial charge in [-0.25, -0.2) is 4.79 Å². The van der Waals surface area contributed by atoms with Crippen molar-refractivity contribution in [1.82, 2.24) is 0 Å². The average molecular weight is 667 g/mol. The van der Waals surface area contributed by atoms with Gasteiger partial charge in [0.2, 0.25) is 0 Å². The first-order valence-electron chi connectivity index (χ1n) is 14.6. The highest BCUT2D eigenvalue weighted by Crippen LogP contribution is 2.33. The van der Waals surface area contributed by atoms with E-state index in [0.717, 1.165) is 13.0 Å². The predicted octanol–water partition coefficient (Wildman–Crippen LogP) is -0.445. The van der Waals surface area contributed by atoms with Crippen LogP contribution in [0, 0.1) is 0 Å². The highest BCUT2D eigenvalue weighted by molar-refractivity contribution is 5.87. The molecule has 0 saturated carbocycles. The second kappa shape index (κ2) is 15.7. The number of carbonyl (C=O) groups excluding carboxylic acids is 2. The molecule has 0 aliphatic carbocycles. The summed E-state index contributed by atoms with van der Waals surface area (Å²) in [5.41, 5.74) is 0.879. The number of aliphatic hydroxyl groups is 4. The van der Waals surface area contributed by atoms with Gasteiger partial charge in [-0.3, -0.25) is 4.79 Å². The molecule has 10 atom stereocenters. The minimum absolute atomic E-state index is 0.103. The number of rotatable bonds is 11. The fourth-order valence-electron chi connectivity index (χ4n) is 5.05. The van der Waals surface area contributed by atoms with Crippen LogP contribution in [0.5, 0.6) is 23.0 Å². The van der Waals surface area contributed by atoms with E-state index >= 15 is 0 Å². The smallest absolute Gasteiger partial charge is 0.331 e. The molecule has 0 bridgehead atoms. The van der Waals surface area contributed by atoms with E-state index in [0.29, 0.717) is 11.1 Å². The normalized spacial score (nSPS) is 31.0. The van der Waals surface area contributed by atoms with E-state index in [1.807, 2.05) is 0 Å². The lowest BCUT2D eigenvalue weighted by molar-refractivity contribution is -0.358. The summed E-state index contributed by atoms with van der Waals surface area (Å²) in [6.45, 7) is 1.62. The summed E-state index contributed by atoms with van der Waals surface area (Å²) in [5.74, 6) is -3.31. The van der Waals surface area contributed by atoms with Gasteiger partial charge in [0.05, 0.1) is 19.3 Å². The van der Waals surface area contributed by atoms with Crippen LogP contribution in [0.15, 0.2) is 42.5 Å². The van der Waals surface area contributed by atoms with Crippen LogP contribution in [0.2, 0.25) is 0 Å². The van der Waals surface area contributed by atoms with Crippen LogP contribution >= 0.6 is 0 Å². The Labute approximate surface area is 268 Å². The molecule has 0 radical (unpaired) electrons. The molecule has 47 heavy (non-hydrogen) atoms. The number of phenolic OH excluding ortho intramolecular Hbond substituents is 4. The number of benzene rings is 2. The molecular weight excluding hydrogens is 628 g/mol. The van der Waals surface area contributed by atoms with Crippen molar-refractivity contribution in [2.75, 3.05) is 13.2 Å². The Morgan fingerprint density at radius 3 is 2.13 bits per heavy atom. The average Bonchev–Trinajstić information content (AvgIpc) is 3.03. The van der Waals surface area contributed by atoms with E-state index < -0.39 is 85.7 Å². The van der Waals surface area contributed by atoms with Crippen molar-refractivity contribution in [3.05, 3.63) is 53.6 Å². The summed E-state index contributed by atoms with van der Waals surface area (Å²) in [7, 11) is 0. The third-order valence-electron chi connectivity index (χ3n) is 7.55. The summed E-state index contributed by atoms with van der Waals surface area (Å²) in [6, 6.07) is 7.94. The zero-order valence-electron chi connectivity index (χ0n) is 25.4. The van der Waals surface area contributed by atoms with Gasteiger partial charge in [0.25, 0.3) is 0 Å². The summed E-state index contributed by atoms with van der Waals surface area (Å²) < 4.78 is 34.4. The van der Waals surface area contributed by atoms with Gasteiger partial charge in [-0.15, -0.1) is 0 Å². The molecule has 2 aromatic carbocycles. The van der Waals surface area contributed by atoms with Gasteiger partial charge in [0.15, 0.2) is 47.8 Å². The maximum absolute atomic E-state index is 13.0. The van der Waals surface area contributed by atoms with E-state index in [9.17, 15) is 50.4 Å². The molecule has 10 unspecified atom stereocenters. The molecule has 2 fully saturated rings. The molecule has 0 spiro atoms. The molecular formula is C31H38O16. The fraction of sp³-hybridized carbons (Fsp3) is 0.484. The van der Waals surface area contributed by atoms with Gasteiger partial charge in [-0.2, -0.15) is 0 Å². The summed E-state index contributed by atoms with van der Waals surface area (Å²) in [6.07, 6.45) is -12.7. The molecule has 16 heteroatoms. The maximum Gasteiger partial charge on any atom is 0.331 e. The van der Waals surface area contributed by atoms with Crippen molar-refractivity contribution in [3.63, 3.8) is 0 Å². The molecule has 0 amide bonds. The van der Waals surface area contributed by atoms with E-state index in [4.69, 9.17) is 28.4 Å². The predicted molar refractivity (Wildman–Crippen MR) is 157 cm³/mol. The number of carbonyl (C=O) groups is 2. The van der Waals surface area contributed by atoms with Crippen LogP contribution in [0.1, 0.15) is 25.0 Å². The molecule has 16 nitrogen and oxygen atoms in total. The molecule has 8 N–H and O–H groups in total. The second-order valence-electron chi connectivity index (χ2n) is 11.0. The van der Waals surface area contributed by atoms with Gasteiger partial charge in [0.1, 0.15) is 30.5 Å². The van der Waals surface area contributed by atoms with E-state index in [-0.39, 0.29) is 30.3 Å². The molecule has 2 aromatic rings. The van der Waals surface area contributed by atoms with Gasteiger partial charge < -0.3 is 69.3 Å². The zero-order valence-corrected chi connectivity index (χ0v) is 25.4. The minimum Gasteiger partial charge on any atom is -0.504 e. The van der Waals surface area contributed by atoms with Crippen molar-refractivity contribution in [2.24, 2.45) is 0 Å². The number of aromatic hydroxyl groups is 4. The number of phenols is 4. The van der Waals surface area contributed by atoms with E-state index in [1.165, 1.54) is 49.4 Å². The fourth-order valence-corrected chi connectivity index (χ4v) is 5.05. The number of ether oxygens (including phenoxy) is 6. The van der Waals surface area contributed by atoms with Crippen LogP contribution in [-0.2, 0) is 44.4 Å². The van der Waals surface area contributed by atoms with Crippen molar-refractivity contribution in [2.45, 2.75) is 81.7 Å². The molecule has 2 aliphatic rings. The topological polar surface area (TPSA) is 251 Å². The number of aliphatic hydroxyl groups excluding tert-OH is 4. The first kappa shape index (κ1) is 35.8. The van der Waals surface area contributed by atoms with Crippen molar-refractivity contribution < 1.29 is 78.9 Å². The second-order valence-corrected chi connectivity index (χ2v) is 11.0. The molecule has 2 saturated heterocycles. The Morgan fingerprint density at radius 1 is 0.809 bits per heavy atom. The van der Waals surface area contributed by atoms with E-state index in [2.05, 4.69) is 0 Å². The van der Waals surface area contributed by atoms with Crippen LogP contribution in [0.4, 0.5) is 0 Å². The van der Waals surface area contributed by atoms with E-state index in [1.54, 1.807) is 0 Å². The Hall–Kier alpha value is -4.00. The highest BCUT2D eigenvalue weighted by atomic mass is 16.8. The minimum atomic E-state index is -1.81. The molecule has 4 rings (SSSR count). The number of hydrogen-bond donors (Lipinski definition) is 8. The monoisotopic (exact) mass is 666 g/mol. The lowest BCUT2D eigenvalue weighted by atomic mass is 9.96. The van der Waals surface area contributed by atoms with Gasteiger partial charge in [0, 0.05) is 13.0 Å². The standard InChI is InChI=1S/C31H38O16/c1-14-24(39)25(40)26(41)30(43-14)47-28-27(46-23(38)8-5-16-3-6-18(34)20(36)11-16)22(13-32)45-31(29(28)44-15(2)33)42-10-9-17-4-7-19(35)21(37)12-17/h3-8,11-12,14,22,24-32,34-37,39-41H,9-10,13H2,1-2H3. The summed E-state index contributed by atoms with van der Waals surface area (Å²) in [4.78, 5) is 25.3. The van der Waals surface area contributed by atoms with Gasteiger partial charge >= 0.3 is 11.9 Å². The quantitative estimate of drug-likeness (QED) is 0.0859. The van der Waals surface area contributed by atoms with Crippen molar-refractivity contribution in [3.8, 4) is 23.0 Å². The van der Waals surface area contributed by atoms with Crippen molar-refractivity contribution >= 4 is 18.0 Å². The lowest BCUT2D eigenvalue weighted by Crippen LogP contribution is -2.65. The van der Waals surface area contributed by atoms with Crippen LogP contribution < -0.4 is 0 Å². The Balaban J connectivity index is 1.61. The Bertz CT molecular complexity index is 1410. The van der Waals surface area contributed by atoms with Crippen LogP contribution in [0.25, 0.3) is 6.08 Å². The van der Waals surface area contributed by atoms with Crippen LogP contribution in [-0.4, -0.2) is 127 Å². The highest BCUT2D eigenvalue weighted by Gasteiger charge is 2.54. The molecule has 0 aromatic heterocycles. The maximum atomic E-state index is 13.0. The Kier molecular flexibility index (Phi) is 12.0. The Morgan fingerprint density at radius 2 is 1.49 bits per heavy atom. The molecule has 2 heterocycles. The first-order chi connectivity index (χ1) is 22.3. The largest absolute Gasteiger partial charge is 0.504 e. The van der Waals surface area contributed by atoms with Crippen molar-refractivity contribution in [1.29, 1.82) is 0 Å². The number of esters is 2. The van der Waals surface area contributed by atoms with Crippen LogP contribution in [0.3, 0.4) is 0 Å². The van der Waals surface area contributed by atoms with Gasteiger partial charge in [-0.05, 0) is 54.8 Å². The third-order valence-corrected chi connectivity index (χ3v) is 7.55. The third kappa shape index (κ3) is 8.88. The SMILES string of the molecule is CC(=O)OC1C(OCCc2ccc(O)c(O)c2)OC(CO)C(OC(=O)C=Cc2ccc(O)c(O)c2)C1OC1OC(C)C(O)C(O)C1O. The molecule has 258 valence electrons. The number of hydrogen-bond acceptors (Lipinski definition) is 16. The summed E-state index contributed by atoms with van der Waals surface area (Å²) in [5, 5.41) is 80.1.